The van der Waals surface area contributed by atoms with Gasteiger partial charge in [-0.2, -0.15) is 4.68 Å². The van der Waals surface area contributed by atoms with E-state index in [1.54, 1.807) is 4.68 Å². The molecule has 6 nitrogen and oxygen atoms in total. The van der Waals surface area contributed by atoms with Crippen molar-refractivity contribution in [3.8, 4) is 17.4 Å². The molecule has 0 spiro atoms. The second-order valence-electron chi connectivity index (χ2n) is 8.93. The molecule has 0 aliphatic heterocycles. The second-order valence-corrected chi connectivity index (χ2v) is 8.93. The molecular weight excluding hydrogens is 386 g/mol. The van der Waals surface area contributed by atoms with Crippen molar-refractivity contribution in [2.24, 2.45) is 5.41 Å². The van der Waals surface area contributed by atoms with Crippen LogP contribution in [-0.4, -0.2) is 25.7 Å². The summed E-state index contributed by atoms with van der Waals surface area (Å²) in [7, 11) is 0. The van der Waals surface area contributed by atoms with Gasteiger partial charge in [0.2, 0.25) is 0 Å². The minimum Gasteiger partial charge on any atom is -0.423 e. The summed E-state index contributed by atoms with van der Waals surface area (Å²) in [6, 6.07) is 18.0. The Morgan fingerprint density at radius 2 is 1.69 bits per heavy atom. The van der Waals surface area contributed by atoms with Gasteiger partial charge in [0, 0.05) is 12.1 Å². The monoisotopic (exact) mass is 415 g/mol. The first-order chi connectivity index (χ1) is 13.2. The first kappa shape index (κ1) is 22.8. The molecule has 3 aromatic rings. The molecule has 0 amide bonds. The normalized spacial score (nSPS) is 11.8. The van der Waals surface area contributed by atoms with E-state index in [4.69, 9.17) is 4.74 Å². The predicted octanol–water partition coefficient (Wildman–Crippen LogP) is 5.18. The number of nitrogens with one attached hydrogen (secondary N) is 1. The average molecular weight is 416 g/mol. The summed E-state index contributed by atoms with van der Waals surface area (Å²) < 4.78 is 7.54. The molecule has 0 bridgehead atoms. The zero-order chi connectivity index (χ0) is 20.2. The Morgan fingerprint density at radius 1 is 0.966 bits per heavy atom. The lowest BCUT2D eigenvalue weighted by molar-refractivity contribution is 0.240. The third kappa shape index (κ3) is 6.84. The molecule has 2 aromatic carbocycles. The summed E-state index contributed by atoms with van der Waals surface area (Å²) in [5.41, 5.74) is 2.32. The molecular formula is C22H30ClN5O. The van der Waals surface area contributed by atoms with Crippen LogP contribution in [0.1, 0.15) is 46.6 Å². The summed E-state index contributed by atoms with van der Waals surface area (Å²) >= 11 is 0. The Hall–Kier alpha value is -2.44. The van der Waals surface area contributed by atoms with E-state index >= 15 is 0 Å². The van der Waals surface area contributed by atoms with Gasteiger partial charge in [-0.05, 0) is 65.9 Å². The Kier molecular flexibility index (Phi) is 7.38. The Bertz CT molecular complexity index is 903. The third-order valence-electron chi connectivity index (χ3n) is 4.29. The van der Waals surface area contributed by atoms with E-state index in [1.165, 1.54) is 0 Å². The number of benzene rings is 2. The van der Waals surface area contributed by atoms with E-state index in [1.807, 2.05) is 48.5 Å². The van der Waals surface area contributed by atoms with E-state index < -0.39 is 0 Å². The van der Waals surface area contributed by atoms with Gasteiger partial charge in [0.25, 0.3) is 0 Å². The fourth-order valence-electron chi connectivity index (χ4n) is 3.53. The second kappa shape index (κ2) is 9.37. The zero-order valence-electron chi connectivity index (χ0n) is 17.7. The number of aromatic nitrogens is 4. The van der Waals surface area contributed by atoms with Crippen LogP contribution in [-0.2, 0) is 6.54 Å². The van der Waals surface area contributed by atoms with Crippen molar-refractivity contribution >= 4 is 12.4 Å². The number of hydrogen-bond acceptors (Lipinski definition) is 5. The SMILES string of the molecule is CC(C)(C)CC(C)(C)NCc1cccc(Oc2nnnn2-c2ccccc2)c1.Cl. The van der Waals surface area contributed by atoms with Crippen molar-refractivity contribution in [2.45, 2.75) is 53.1 Å². The maximum Gasteiger partial charge on any atom is 0.345 e. The molecule has 1 heterocycles. The van der Waals surface area contributed by atoms with E-state index in [9.17, 15) is 0 Å². The quantitative estimate of drug-likeness (QED) is 0.575. The number of para-hydroxylation sites is 1. The highest BCUT2D eigenvalue weighted by molar-refractivity contribution is 5.85. The van der Waals surface area contributed by atoms with Crippen LogP contribution in [0.2, 0.25) is 0 Å². The molecule has 0 atom stereocenters. The fraction of sp³-hybridized carbons (Fsp3) is 0.409. The van der Waals surface area contributed by atoms with Crippen molar-refractivity contribution in [1.82, 2.24) is 25.5 Å². The van der Waals surface area contributed by atoms with Crippen LogP contribution >= 0.6 is 12.4 Å². The number of nitrogens with zero attached hydrogens (tertiary/aromatic N) is 4. The Morgan fingerprint density at radius 3 is 2.38 bits per heavy atom. The lowest BCUT2D eigenvalue weighted by Gasteiger charge is -2.33. The van der Waals surface area contributed by atoms with E-state index in [2.05, 4.69) is 61.5 Å². The summed E-state index contributed by atoms with van der Waals surface area (Å²) in [6.45, 7) is 12.1. The first-order valence-corrected chi connectivity index (χ1v) is 9.58. The van der Waals surface area contributed by atoms with Gasteiger partial charge >= 0.3 is 6.01 Å². The van der Waals surface area contributed by atoms with Gasteiger partial charge in [-0.25, -0.2) is 0 Å². The summed E-state index contributed by atoms with van der Waals surface area (Å²) in [5, 5.41) is 15.4. The highest BCUT2D eigenvalue weighted by Gasteiger charge is 2.24. The van der Waals surface area contributed by atoms with Crippen LogP contribution in [0.15, 0.2) is 54.6 Å². The molecule has 0 aliphatic rings. The molecule has 0 saturated heterocycles. The molecule has 7 heteroatoms. The van der Waals surface area contributed by atoms with Gasteiger partial charge in [-0.3, -0.25) is 0 Å². The van der Waals surface area contributed by atoms with E-state index in [0.717, 1.165) is 24.2 Å². The van der Waals surface area contributed by atoms with E-state index in [0.29, 0.717) is 11.8 Å². The molecule has 0 saturated carbocycles. The topological polar surface area (TPSA) is 64.9 Å². The van der Waals surface area contributed by atoms with Crippen LogP contribution in [0.25, 0.3) is 5.69 Å². The van der Waals surface area contributed by atoms with Gasteiger partial charge in [-0.1, -0.05) is 56.2 Å². The van der Waals surface area contributed by atoms with E-state index in [-0.39, 0.29) is 23.4 Å². The zero-order valence-corrected chi connectivity index (χ0v) is 18.5. The van der Waals surface area contributed by atoms with Crippen LogP contribution in [0.4, 0.5) is 0 Å². The number of rotatable bonds is 7. The highest BCUT2D eigenvalue weighted by atomic mass is 35.5. The minimum atomic E-state index is 0. The Balaban J connectivity index is 0.00000300. The molecule has 0 unspecified atom stereocenters. The van der Waals surface area contributed by atoms with Gasteiger partial charge in [-0.15, -0.1) is 12.4 Å². The molecule has 0 fully saturated rings. The molecule has 1 aromatic heterocycles. The highest BCUT2D eigenvalue weighted by Crippen LogP contribution is 2.27. The first-order valence-electron chi connectivity index (χ1n) is 9.58. The standard InChI is InChI=1S/C22H29N5O.ClH/c1-21(2,3)16-22(4,5)23-15-17-10-9-13-19(14-17)28-20-24-25-26-27(20)18-11-7-6-8-12-18;/h6-14,23H,15-16H2,1-5H3;1H. The average Bonchev–Trinajstić information content (AvgIpc) is 3.07. The van der Waals surface area contributed by atoms with Crippen LogP contribution in [0, 0.1) is 5.41 Å². The largest absolute Gasteiger partial charge is 0.423 e. The predicted molar refractivity (Wildman–Crippen MR) is 118 cm³/mol. The van der Waals surface area contributed by atoms with Crippen molar-refractivity contribution in [1.29, 1.82) is 0 Å². The molecule has 1 N–H and O–H groups in total. The van der Waals surface area contributed by atoms with Gasteiger partial charge in [0.05, 0.1) is 5.69 Å². The maximum absolute atomic E-state index is 5.96. The molecule has 0 radical (unpaired) electrons. The fourth-order valence-corrected chi connectivity index (χ4v) is 3.53. The minimum absolute atomic E-state index is 0. The maximum atomic E-state index is 5.96. The third-order valence-corrected chi connectivity index (χ3v) is 4.29. The van der Waals surface area contributed by atoms with Gasteiger partial charge < -0.3 is 10.1 Å². The van der Waals surface area contributed by atoms with Crippen LogP contribution < -0.4 is 10.1 Å². The molecule has 156 valence electrons. The lowest BCUT2D eigenvalue weighted by atomic mass is 9.82. The molecule has 0 aliphatic carbocycles. The number of halogens is 1. The summed E-state index contributed by atoms with van der Waals surface area (Å²) in [5.74, 6) is 0.708. The van der Waals surface area contributed by atoms with Crippen molar-refractivity contribution in [3.63, 3.8) is 0 Å². The Labute approximate surface area is 179 Å². The molecule has 3 rings (SSSR count). The lowest BCUT2D eigenvalue weighted by Crippen LogP contribution is -2.41. The summed E-state index contributed by atoms with van der Waals surface area (Å²) in [6.07, 6.45) is 1.09. The van der Waals surface area contributed by atoms with Crippen LogP contribution in [0.5, 0.6) is 11.8 Å². The summed E-state index contributed by atoms with van der Waals surface area (Å²) in [4.78, 5) is 0. The van der Waals surface area contributed by atoms with Crippen molar-refractivity contribution in [3.05, 3.63) is 60.2 Å². The number of tetrazole rings is 1. The van der Waals surface area contributed by atoms with Crippen LogP contribution in [0.3, 0.4) is 0 Å². The van der Waals surface area contributed by atoms with Gasteiger partial charge in [0.15, 0.2) is 0 Å². The number of hydrogen-bond donors (Lipinski definition) is 1. The van der Waals surface area contributed by atoms with Crippen molar-refractivity contribution < 1.29 is 4.74 Å². The number of ether oxygens (including phenoxy) is 1. The van der Waals surface area contributed by atoms with Crippen molar-refractivity contribution in [2.75, 3.05) is 0 Å². The molecule has 29 heavy (non-hydrogen) atoms. The van der Waals surface area contributed by atoms with Gasteiger partial charge in [0.1, 0.15) is 5.75 Å². The smallest absolute Gasteiger partial charge is 0.345 e.